The van der Waals surface area contributed by atoms with Crippen molar-refractivity contribution in [2.45, 2.75) is 57.5 Å². The Hall–Kier alpha value is -3.07. The molecule has 3 aromatic rings. The lowest BCUT2D eigenvalue weighted by Crippen LogP contribution is -2.52. The van der Waals surface area contributed by atoms with E-state index >= 15 is 0 Å². The van der Waals surface area contributed by atoms with Crippen LogP contribution in [0.2, 0.25) is 10.0 Å². The van der Waals surface area contributed by atoms with Crippen molar-refractivity contribution in [3.05, 3.63) is 94.0 Å². The van der Waals surface area contributed by atoms with E-state index in [0.29, 0.717) is 18.0 Å². The van der Waals surface area contributed by atoms with E-state index in [1.165, 1.54) is 35.2 Å². The van der Waals surface area contributed by atoms with Crippen LogP contribution in [0.3, 0.4) is 0 Å². The molecule has 0 aliphatic heterocycles. The van der Waals surface area contributed by atoms with Crippen LogP contribution in [-0.2, 0) is 26.2 Å². The summed E-state index contributed by atoms with van der Waals surface area (Å²) in [4.78, 5) is 28.8. The summed E-state index contributed by atoms with van der Waals surface area (Å²) >= 11 is 12.6. The number of halogens is 2. The van der Waals surface area contributed by atoms with E-state index in [-0.39, 0.29) is 28.1 Å². The summed E-state index contributed by atoms with van der Waals surface area (Å²) in [5, 5.41) is 3.33. The van der Waals surface area contributed by atoms with Crippen molar-refractivity contribution >= 4 is 50.7 Å². The lowest BCUT2D eigenvalue weighted by molar-refractivity contribution is -0.140. The first kappa shape index (κ1) is 31.5. The molecule has 0 radical (unpaired) electrons. The number of hydrogen-bond acceptors (Lipinski definition) is 4. The molecule has 1 atom stereocenters. The lowest BCUT2D eigenvalue weighted by atomic mass is 10.1. The fourth-order valence-electron chi connectivity index (χ4n) is 4.31. The van der Waals surface area contributed by atoms with Gasteiger partial charge in [0.1, 0.15) is 12.6 Å². The van der Waals surface area contributed by atoms with E-state index in [1.807, 2.05) is 45.0 Å². The smallest absolute Gasteiger partial charge is 0.264 e. The van der Waals surface area contributed by atoms with Gasteiger partial charge in [0.25, 0.3) is 10.0 Å². The van der Waals surface area contributed by atoms with Gasteiger partial charge in [-0.15, -0.1) is 0 Å². The van der Waals surface area contributed by atoms with Crippen LogP contribution in [0, 0.1) is 6.92 Å². The Bertz CT molecular complexity index is 1420. The SMILES string of the molecule is CCCCNC(=O)[C@@H](CC)N(Cc1ccccc1C)C(=O)CN(c1ccc(Cl)cc1Cl)S(=O)(=O)c1ccccc1. The van der Waals surface area contributed by atoms with Crippen molar-refractivity contribution in [2.24, 2.45) is 0 Å². The van der Waals surface area contributed by atoms with Crippen molar-refractivity contribution < 1.29 is 18.0 Å². The third-order valence-corrected chi connectivity index (χ3v) is 8.92. The van der Waals surface area contributed by atoms with Crippen LogP contribution < -0.4 is 9.62 Å². The number of nitrogens with zero attached hydrogens (tertiary/aromatic N) is 2. The van der Waals surface area contributed by atoms with Crippen molar-refractivity contribution in [1.29, 1.82) is 0 Å². The molecule has 40 heavy (non-hydrogen) atoms. The number of carbonyl (C=O) groups is 2. The van der Waals surface area contributed by atoms with E-state index in [2.05, 4.69) is 5.32 Å². The molecule has 1 N–H and O–H groups in total. The average molecular weight is 605 g/mol. The summed E-state index contributed by atoms with van der Waals surface area (Å²) < 4.78 is 28.7. The predicted molar refractivity (Wildman–Crippen MR) is 161 cm³/mol. The summed E-state index contributed by atoms with van der Waals surface area (Å²) in [5.41, 5.74) is 1.92. The summed E-state index contributed by atoms with van der Waals surface area (Å²) in [5.74, 6) is -0.814. The molecule has 10 heteroatoms. The molecule has 0 unspecified atom stereocenters. The maximum atomic E-state index is 14.1. The van der Waals surface area contributed by atoms with Crippen LogP contribution in [-0.4, -0.2) is 44.3 Å². The van der Waals surface area contributed by atoms with Crippen LogP contribution in [0.5, 0.6) is 0 Å². The zero-order valence-corrected chi connectivity index (χ0v) is 25.3. The Morgan fingerprint density at radius 3 is 2.25 bits per heavy atom. The molecule has 0 heterocycles. The molecule has 3 aromatic carbocycles. The molecule has 2 amide bonds. The fraction of sp³-hybridized carbons (Fsp3) is 0.333. The molecular formula is C30H35Cl2N3O4S. The number of aryl methyl sites for hydroxylation is 1. The highest BCUT2D eigenvalue weighted by atomic mass is 35.5. The first-order chi connectivity index (χ1) is 19.1. The quantitative estimate of drug-likeness (QED) is 0.235. The Labute approximate surface area is 247 Å². The number of amides is 2. The number of carbonyl (C=O) groups excluding carboxylic acids is 2. The van der Waals surface area contributed by atoms with Crippen molar-refractivity contribution in [2.75, 3.05) is 17.4 Å². The van der Waals surface area contributed by atoms with Crippen LogP contribution in [0.1, 0.15) is 44.2 Å². The molecule has 0 spiro atoms. The molecule has 0 fully saturated rings. The molecule has 0 aromatic heterocycles. The largest absolute Gasteiger partial charge is 0.354 e. The van der Waals surface area contributed by atoms with Gasteiger partial charge in [-0.05, 0) is 61.2 Å². The summed E-state index contributed by atoms with van der Waals surface area (Å²) in [7, 11) is -4.21. The maximum absolute atomic E-state index is 14.1. The third-order valence-electron chi connectivity index (χ3n) is 6.61. The minimum atomic E-state index is -4.21. The van der Waals surface area contributed by atoms with Crippen LogP contribution >= 0.6 is 23.2 Å². The Morgan fingerprint density at radius 1 is 0.950 bits per heavy atom. The molecule has 0 saturated heterocycles. The molecule has 0 saturated carbocycles. The molecule has 3 rings (SSSR count). The van der Waals surface area contributed by atoms with Gasteiger partial charge >= 0.3 is 0 Å². The molecule has 0 aliphatic carbocycles. The van der Waals surface area contributed by atoms with E-state index in [1.54, 1.807) is 18.2 Å². The van der Waals surface area contributed by atoms with Gasteiger partial charge in [0.05, 0.1) is 15.6 Å². The number of sulfonamides is 1. The van der Waals surface area contributed by atoms with Crippen molar-refractivity contribution in [3.63, 3.8) is 0 Å². The number of benzene rings is 3. The van der Waals surface area contributed by atoms with Gasteiger partial charge in [-0.2, -0.15) is 0 Å². The van der Waals surface area contributed by atoms with Crippen LogP contribution in [0.15, 0.2) is 77.7 Å². The van der Waals surface area contributed by atoms with Gasteiger partial charge in [-0.25, -0.2) is 8.42 Å². The third kappa shape index (κ3) is 7.77. The van der Waals surface area contributed by atoms with E-state index in [4.69, 9.17) is 23.2 Å². The summed E-state index contributed by atoms with van der Waals surface area (Å²) in [6.07, 6.45) is 2.08. The second-order valence-corrected chi connectivity index (χ2v) is 12.1. The summed E-state index contributed by atoms with van der Waals surface area (Å²) in [6, 6.07) is 19.0. The maximum Gasteiger partial charge on any atom is 0.264 e. The lowest BCUT2D eigenvalue weighted by Gasteiger charge is -2.33. The van der Waals surface area contributed by atoms with Gasteiger partial charge in [0.2, 0.25) is 11.8 Å². The van der Waals surface area contributed by atoms with Crippen molar-refractivity contribution in [3.8, 4) is 0 Å². The highest BCUT2D eigenvalue weighted by Gasteiger charge is 2.34. The number of nitrogens with one attached hydrogen (secondary N) is 1. The van der Waals surface area contributed by atoms with Crippen LogP contribution in [0.4, 0.5) is 5.69 Å². The Morgan fingerprint density at radius 2 is 1.62 bits per heavy atom. The molecular weight excluding hydrogens is 569 g/mol. The zero-order valence-electron chi connectivity index (χ0n) is 22.9. The fourth-order valence-corrected chi connectivity index (χ4v) is 6.33. The zero-order chi connectivity index (χ0) is 29.3. The van der Waals surface area contributed by atoms with Gasteiger partial charge < -0.3 is 10.2 Å². The number of rotatable bonds is 13. The van der Waals surface area contributed by atoms with Crippen LogP contribution in [0.25, 0.3) is 0 Å². The number of anilines is 1. The number of hydrogen-bond donors (Lipinski definition) is 1. The normalized spacial score (nSPS) is 12.0. The van der Waals surface area contributed by atoms with Crippen molar-refractivity contribution in [1.82, 2.24) is 10.2 Å². The standard InChI is InChI=1S/C30H35Cl2N3O4S/c1-4-6-18-33-30(37)27(5-2)34(20-23-13-11-10-12-22(23)3)29(36)21-35(28-17-16-24(31)19-26(28)32)40(38,39)25-14-8-7-9-15-25/h7-17,19,27H,4-6,18,20-21H2,1-3H3,(H,33,37)/t27-/m1/s1. The molecule has 7 nitrogen and oxygen atoms in total. The van der Waals surface area contributed by atoms with Gasteiger partial charge in [-0.1, -0.05) is 85.9 Å². The number of unbranched alkanes of at least 4 members (excludes halogenated alkanes) is 1. The minimum absolute atomic E-state index is 0.00335. The van der Waals surface area contributed by atoms with Gasteiger partial charge in [0.15, 0.2) is 0 Å². The molecule has 0 aliphatic rings. The van der Waals surface area contributed by atoms with Gasteiger partial charge in [0, 0.05) is 18.1 Å². The first-order valence-electron chi connectivity index (χ1n) is 13.2. The predicted octanol–water partition coefficient (Wildman–Crippen LogP) is 6.22. The van der Waals surface area contributed by atoms with E-state index in [0.717, 1.165) is 28.3 Å². The topological polar surface area (TPSA) is 86.8 Å². The summed E-state index contributed by atoms with van der Waals surface area (Å²) in [6.45, 7) is 5.85. The first-order valence-corrected chi connectivity index (χ1v) is 15.4. The molecule has 214 valence electrons. The monoisotopic (exact) mass is 603 g/mol. The second kappa shape index (κ2) is 14.5. The minimum Gasteiger partial charge on any atom is -0.354 e. The highest BCUT2D eigenvalue weighted by Crippen LogP contribution is 2.33. The second-order valence-electron chi connectivity index (χ2n) is 9.44. The Kier molecular flexibility index (Phi) is 11.4. The molecule has 0 bridgehead atoms. The Balaban J connectivity index is 2.07. The highest BCUT2D eigenvalue weighted by molar-refractivity contribution is 7.92. The van der Waals surface area contributed by atoms with E-state index in [9.17, 15) is 18.0 Å². The van der Waals surface area contributed by atoms with E-state index < -0.39 is 28.5 Å². The van der Waals surface area contributed by atoms with Gasteiger partial charge in [-0.3, -0.25) is 13.9 Å². The average Bonchev–Trinajstić information content (AvgIpc) is 2.93.